The number of piperidine rings is 1. The molecule has 0 aliphatic carbocycles. The number of hydrogen-bond donors (Lipinski definition) is 1. The number of para-hydroxylation sites is 2. The molecule has 0 saturated carbocycles. The number of carbonyl (C=O) groups excluding carboxylic acids is 2. The second-order valence-corrected chi connectivity index (χ2v) is 8.21. The van der Waals surface area contributed by atoms with Gasteiger partial charge in [-0.2, -0.15) is 0 Å². The number of carbonyl (C=O) groups is 2. The Labute approximate surface area is 181 Å². The standard InChI is InChI=1S/C23H26ClN3O3/c1-30-21-10-9-17(24)14-20(21)27-15-16(13-22(27)28)23(29)25-18-7-3-4-8-19(18)26-11-5-2-6-12-26/h3-4,7-10,14,16H,2,5-6,11-13,15H2,1H3,(H,25,29). The highest BCUT2D eigenvalue weighted by Gasteiger charge is 2.36. The van der Waals surface area contributed by atoms with E-state index in [0.29, 0.717) is 23.0 Å². The van der Waals surface area contributed by atoms with Gasteiger partial charge in [-0.3, -0.25) is 9.59 Å². The Morgan fingerprint density at radius 2 is 1.87 bits per heavy atom. The van der Waals surface area contributed by atoms with Gasteiger partial charge in [0.25, 0.3) is 0 Å². The van der Waals surface area contributed by atoms with Crippen LogP contribution >= 0.6 is 11.6 Å². The number of amides is 2. The number of nitrogens with zero attached hydrogens (tertiary/aromatic N) is 2. The average molecular weight is 428 g/mol. The molecule has 30 heavy (non-hydrogen) atoms. The lowest BCUT2D eigenvalue weighted by Crippen LogP contribution is -2.31. The molecular formula is C23H26ClN3O3. The van der Waals surface area contributed by atoms with E-state index in [4.69, 9.17) is 16.3 Å². The van der Waals surface area contributed by atoms with Crippen molar-refractivity contribution in [3.05, 3.63) is 47.5 Å². The van der Waals surface area contributed by atoms with Gasteiger partial charge >= 0.3 is 0 Å². The number of nitrogens with one attached hydrogen (secondary N) is 1. The summed E-state index contributed by atoms with van der Waals surface area (Å²) in [6.07, 6.45) is 3.73. The molecule has 2 aliphatic heterocycles. The highest BCUT2D eigenvalue weighted by molar-refractivity contribution is 6.31. The van der Waals surface area contributed by atoms with Crippen molar-refractivity contribution in [2.75, 3.05) is 41.9 Å². The molecule has 158 valence electrons. The van der Waals surface area contributed by atoms with Crippen molar-refractivity contribution in [3.63, 3.8) is 0 Å². The molecule has 4 rings (SSSR count). The first-order valence-electron chi connectivity index (χ1n) is 10.4. The van der Waals surface area contributed by atoms with E-state index in [1.165, 1.54) is 6.42 Å². The van der Waals surface area contributed by atoms with Crippen molar-refractivity contribution < 1.29 is 14.3 Å². The molecule has 2 saturated heterocycles. The molecule has 2 aromatic carbocycles. The van der Waals surface area contributed by atoms with Gasteiger partial charge in [0.1, 0.15) is 5.75 Å². The predicted molar refractivity (Wildman–Crippen MR) is 120 cm³/mol. The lowest BCUT2D eigenvalue weighted by Gasteiger charge is -2.30. The first-order valence-corrected chi connectivity index (χ1v) is 10.7. The molecule has 0 radical (unpaired) electrons. The third-order valence-corrected chi connectivity index (χ3v) is 6.02. The topological polar surface area (TPSA) is 61.9 Å². The minimum atomic E-state index is -0.435. The lowest BCUT2D eigenvalue weighted by molar-refractivity contribution is -0.122. The number of methoxy groups -OCH3 is 1. The SMILES string of the molecule is COc1ccc(Cl)cc1N1CC(C(=O)Nc2ccccc2N2CCCCC2)CC1=O. The number of anilines is 3. The Hall–Kier alpha value is -2.73. The Morgan fingerprint density at radius 1 is 1.10 bits per heavy atom. The number of ether oxygens (including phenoxy) is 1. The van der Waals surface area contributed by atoms with Gasteiger partial charge in [-0.05, 0) is 49.6 Å². The zero-order chi connectivity index (χ0) is 21.1. The third-order valence-electron chi connectivity index (χ3n) is 5.79. The Kier molecular flexibility index (Phi) is 6.13. The van der Waals surface area contributed by atoms with Crippen LogP contribution in [0, 0.1) is 5.92 Å². The summed E-state index contributed by atoms with van der Waals surface area (Å²) in [5.41, 5.74) is 2.44. The van der Waals surface area contributed by atoms with Crippen molar-refractivity contribution >= 4 is 40.5 Å². The van der Waals surface area contributed by atoms with Crippen LogP contribution in [0.25, 0.3) is 0 Å². The molecule has 2 heterocycles. The van der Waals surface area contributed by atoms with Gasteiger partial charge in [-0.15, -0.1) is 0 Å². The van der Waals surface area contributed by atoms with Crippen LogP contribution in [0.2, 0.25) is 5.02 Å². The predicted octanol–water partition coefficient (Wildman–Crippen LogP) is 4.33. The van der Waals surface area contributed by atoms with Crippen LogP contribution in [-0.2, 0) is 9.59 Å². The molecule has 1 N–H and O–H groups in total. The van der Waals surface area contributed by atoms with E-state index >= 15 is 0 Å². The molecule has 7 heteroatoms. The molecule has 2 aliphatic rings. The quantitative estimate of drug-likeness (QED) is 0.771. The second kappa shape index (κ2) is 8.96. The van der Waals surface area contributed by atoms with E-state index in [2.05, 4.69) is 10.2 Å². The second-order valence-electron chi connectivity index (χ2n) is 7.78. The summed E-state index contributed by atoms with van der Waals surface area (Å²) < 4.78 is 5.38. The fraction of sp³-hybridized carbons (Fsp3) is 0.391. The van der Waals surface area contributed by atoms with Crippen LogP contribution in [0.15, 0.2) is 42.5 Å². The highest BCUT2D eigenvalue weighted by Crippen LogP contribution is 2.36. The van der Waals surface area contributed by atoms with Gasteiger partial charge in [0.05, 0.1) is 30.1 Å². The zero-order valence-corrected chi connectivity index (χ0v) is 17.8. The molecule has 0 bridgehead atoms. The summed E-state index contributed by atoms with van der Waals surface area (Å²) in [5, 5.41) is 3.58. The minimum absolute atomic E-state index is 0.111. The van der Waals surface area contributed by atoms with E-state index < -0.39 is 5.92 Å². The zero-order valence-electron chi connectivity index (χ0n) is 17.1. The van der Waals surface area contributed by atoms with Crippen molar-refractivity contribution in [3.8, 4) is 5.75 Å². The molecule has 2 amide bonds. The van der Waals surface area contributed by atoms with Crippen molar-refractivity contribution in [1.29, 1.82) is 0 Å². The fourth-order valence-electron chi connectivity index (χ4n) is 4.21. The molecule has 6 nitrogen and oxygen atoms in total. The molecule has 2 fully saturated rings. The van der Waals surface area contributed by atoms with E-state index in [-0.39, 0.29) is 18.2 Å². The van der Waals surface area contributed by atoms with Crippen molar-refractivity contribution in [1.82, 2.24) is 0 Å². The summed E-state index contributed by atoms with van der Waals surface area (Å²) in [7, 11) is 1.55. The summed E-state index contributed by atoms with van der Waals surface area (Å²) in [5.74, 6) is -0.129. The number of rotatable bonds is 5. The smallest absolute Gasteiger partial charge is 0.229 e. The first kappa shape index (κ1) is 20.5. The van der Waals surface area contributed by atoms with Crippen molar-refractivity contribution in [2.24, 2.45) is 5.92 Å². The van der Waals surface area contributed by atoms with Crippen LogP contribution in [0.3, 0.4) is 0 Å². The van der Waals surface area contributed by atoms with Gasteiger partial charge in [-0.25, -0.2) is 0 Å². The fourth-order valence-corrected chi connectivity index (χ4v) is 4.38. The largest absolute Gasteiger partial charge is 0.495 e. The summed E-state index contributed by atoms with van der Waals surface area (Å²) >= 11 is 6.12. The van der Waals surface area contributed by atoms with E-state index in [1.807, 2.05) is 24.3 Å². The molecule has 0 aromatic heterocycles. The Bertz CT molecular complexity index is 943. The van der Waals surface area contributed by atoms with Crippen LogP contribution in [0.1, 0.15) is 25.7 Å². The van der Waals surface area contributed by atoms with Gasteiger partial charge in [0.2, 0.25) is 11.8 Å². The Balaban J connectivity index is 1.50. The third kappa shape index (κ3) is 4.24. The van der Waals surface area contributed by atoms with Gasteiger partial charge in [-0.1, -0.05) is 23.7 Å². The molecule has 1 unspecified atom stereocenters. The number of halogens is 1. The van der Waals surface area contributed by atoms with E-state index in [9.17, 15) is 9.59 Å². The minimum Gasteiger partial charge on any atom is -0.495 e. The lowest BCUT2D eigenvalue weighted by atomic mass is 10.1. The summed E-state index contributed by atoms with van der Waals surface area (Å²) in [6.45, 7) is 2.29. The van der Waals surface area contributed by atoms with Crippen LogP contribution in [0.5, 0.6) is 5.75 Å². The van der Waals surface area contributed by atoms with Gasteiger partial charge in [0, 0.05) is 31.1 Å². The molecular weight excluding hydrogens is 402 g/mol. The summed E-state index contributed by atoms with van der Waals surface area (Å²) in [6, 6.07) is 13.0. The average Bonchev–Trinajstić information content (AvgIpc) is 3.16. The van der Waals surface area contributed by atoms with Gasteiger partial charge < -0.3 is 19.9 Å². The first-order chi connectivity index (χ1) is 14.6. The van der Waals surface area contributed by atoms with Gasteiger partial charge in [0.15, 0.2) is 0 Å². The molecule has 2 aromatic rings. The van der Waals surface area contributed by atoms with Crippen LogP contribution in [-0.4, -0.2) is 38.6 Å². The molecule has 1 atom stereocenters. The monoisotopic (exact) mass is 427 g/mol. The highest BCUT2D eigenvalue weighted by atomic mass is 35.5. The van der Waals surface area contributed by atoms with Crippen molar-refractivity contribution in [2.45, 2.75) is 25.7 Å². The Morgan fingerprint density at radius 3 is 2.63 bits per heavy atom. The normalized spacial score (nSPS) is 19.1. The van der Waals surface area contributed by atoms with E-state index in [0.717, 1.165) is 37.3 Å². The summed E-state index contributed by atoms with van der Waals surface area (Å²) in [4.78, 5) is 29.6. The maximum absolute atomic E-state index is 13.0. The van der Waals surface area contributed by atoms with Crippen LogP contribution < -0.4 is 19.9 Å². The van der Waals surface area contributed by atoms with E-state index in [1.54, 1.807) is 30.2 Å². The number of benzene rings is 2. The number of hydrogen-bond acceptors (Lipinski definition) is 4. The van der Waals surface area contributed by atoms with Crippen LogP contribution in [0.4, 0.5) is 17.1 Å². The molecule has 0 spiro atoms. The maximum atomic E-state index is 13.0. The maximum Gasteiger partial charge on any atom is 0.229 e.